The van der Waals surface area contributed by atoms with Gasteiger partial charge in [-0.05, 0) is 98.6 Å². The van der Waals surface area contributed by atoms with Crippen molar-refractivity contribution in [2.75, 3.05) is 4.90 Å². The first-order valence-corrected chi connectivity index (χ1v) is 19.6. The Morgan fingerprint density at radius 1 is 0.333 bits per heavy atom. The second-order valence-corrected chi connectivity index (χ2v) is 14.8. The highest BCUT2D eigenvalue weighted by molar-refractivity contribution is 6.07. The number of benzene rings is 9. The first-order chi connectivity index (χ1) is 28.3. The molecule has 1 heterocycles. The van der Waals surface area contributed by atoms with Gasteiger partial charge in [-0.3, -0.25) is 0 Å². The molecule has 0 atom stereocenters. The fourth-order valence-electron chi connectivity index (χ4n) is 9.26. The van der Waals surface area contributed by atoms with Gasteiger partial charge in [-0.1, -0.05) is 176 Å². The van der Waals surface area contributed by atoms with E-state index in [1.807, 2.05) is 12.1 Å². The van der Waals surface area contributed by atoms with E-state index in [0.717, 1.165) is 50.1 Å². The summed E-state index contributed by atoms with van der Waals surface area (Å²) in [5, 5.41) is 2.23. The van der Waals surface area contributed by atoms with Crippen LogP contribution in [-0.2, 0) is 5.41 Å². The predicted octanol–water partition coefficient (Wildman–Crippen LogP) is 14.8. The lowest BCUT2D eigenvalue weighted by molar-refractivity contribution is 0.669. The van der Waals surface area contributed by atoms with Gasteiger partial charge in [-0.2, -0.15) is 0 Å². The molecule has 0 spiro atoms. The summed E-state index contributed by atoms with van der Waals surface area (Å²) in [5.74, 6) is 0. The smallest absolute Gasteiger partial charge is 0.135 e. The molecule has 9 aromatic carbocycles. The molecule has 1 aromatic heterocycles. The summed E-state index contributed by atoms with van der Waals surface area (Å²) in [6.45, 7) is 0. The van der Waals surface area contributed by atoms with Gasteiger partial charge in [0.25, 0.3) is 0 Å². The molecule has 268 valence electrons. The maximum atomic E-state index is 6.27. The van der Waals surface area contributed by atoms with Crippen LogP contribution in [0.25, 0.3) is 55.3 Å². The summed E-state index contributed by atoms with van der Waals surface area (Å²) in [6.07, 6.45) is 0. The van der Waals surface area contributed by atoms with Crippen LogP contribution in [0.15, 0.2) is 229 Å². The van der Waals surface area contributed by atoms with Crippen LogP contribution in [0.1, 0.15) is 22.3 Å². The number of rotatable bonds is 7. The fraction of sp³-hybridized carbons (Fsp3) is 0.0182. The van der Waals surface area contributed by atoms with Gasteiger partial charge in [0.05, 0.1) is 11.1 Å². The standard InChI is InChI=1S/C55H37NO/c1-4-17-38(18-5-1)39-19-16-24-43(35-39)56(52-29-14-11-25-45(52)40-31-34-54-49(36-40)48-27-12-15-30-53(48)57-54)44-32-33-47-46-26-10-13-28-50(46)55(51(47)37-44,41-20-6-2-7-21-41)42-22-8-3-9-23-42/h1-37H. The average molecular weight is 728 g/mol. The van der Waals surface area contributed by atoms with Crippen LogP contribution in [0.4, 0.5) is 17.1 Å². The van der Waals surface area contributed by atoms with Crippen molar-refractivity contribution in [1.82, 2.24) is 0 Å². The minimum Gasteiger partial charge on any atom is -0.456 e. The Morgan fingerprint density at radius 3 is 1.72 bits per heavy atom. The molecule has 0 radical (unpaired) electrons. The van der Waals surface area contributed by atoms with Gasteiger partial charge in [0.15, 0.2) is 0 Å². The largest absolute Gasteiger partial charge is 0.456 e. The second kappa shape index (κ2) is 13.4. The van der Waals surface area contributed by atoms with E-state index in [4.69, 9.17) is 4.42 Å². The Hall–Kier alpha value is -7.42. The molecule has 11 rings (SSSR count). The SMILES string of the molecule is c1ccc(-c2cccc(N(c3ccc4c(c3)C(c3ccccc3)(c3ccccc3)c3ccccc3-4)c3ccccc3-c3ccc4oc5ccccc5c4c3)c2)cc1. The first-order valence-electron chi connectivity index (χ1n) is 19.6. The van der Waals surface area contributed by atoms with Crippen LogP contribution in [0.3, 0.4) is 0 Å². The van der Waals surface area contributed by atoms with Crippen molar-refractivity contribution in [2.45, 2.75) is 5.41 Å². The number of furan rings is 1. The molecule has 10 aromatic rings. The lowest BCUT2D eigenvalue weighted by Gasteiger charge is -2.35. The molecule has 2 nitrogen and oxygen atoms in total. The van der Waals surface area contributed by atoms with Crippen molar-refractivity contribution >= 4 is 39.0 Å². The molecule has 1 aliphatic rings. The minimum atomic E-state index is -0.519. The summed E-state index contributed by atoms with van der Waals surface area (Å²) in [5.41, 5.74) is 16.7. The lowest BCUT2D eigenvalue weighted by Crippen LogP contribution is -2.28. The zero-order valence-electron chi connectivity index (χ0n) is 31.2. The molecule has 1 aliphatic carbocycles. The maximum absolute atomic E-state index is 6.27. The number of para-hydroxylation sites is 2. The monoisotopic (exact) mass is 727 g/mol. The molecule has 0 aliphatic heterocycles. The van der Waals surface area contributed by atoms with Crippen molar-refractivity contribution in [1.29, 1.82) is 0 Å². The fourth-order valence-corrected chi connectivity index (χ4v) is 9.26. The lowest BCUT2D eigenvalue weighted by atomic mass is 9.67. The summed E-state index contributed by atoms with van der Waals surface area (Å²) in [4.78, 5) is 2.45. The highest BCUT2D eigenvalue weighted by Gasteiger charge is 2.46. The van der Waals surface area contributed by atoms with Crippen molar-refractivity contribution in [3.05, 3.63) is 247 Å². The normalized spacial score (nSPS) is 12.7. The second-order valence-electron chi connectivity index (χ2n) is 14.8. The summed E-state index contributed by atoms with van der Waals surface area (Å²) >= 11 is 0. The van der Waals surface area contributed by atoms with Crippen molar-refractivity contribution in [3.63, 3.8) is 0 Å². The van der Waals surface area contributed by atoms with Gasteiger partial charge in [0.2, 0.25) is 0 Å². The van der Waals surface area contributed by atoms with Crippen LogP contribution >= 0.6 is 0 Å². The maximum Gasteiger partial charge on any atom is 0.135 e. The molecule has 0 unspecified atom stereocenters. The number of fused-ring (bicyclic) bond motifs is 6. The van der Waals surface area contributed by atoms with E-state index in [2.05, 4.69) is 217 Å². The molecule has 0 amide bonds. The minimum absolute atomic E-state index is 0.519. The zero-order valence-corrected chi connectivity index (χ0v) is 31.2. The summed E-state index contributed by atoms with van der Waals surface area (Å²) in [6, 6.07) is 81.4. The highest BCUT2D eigenvalue weighted by Crippen LogP contribution is 2.57. The Labute approximate surface area is 332 Å². The first kappa shape index (κ1) is 33.0. The quantitative estimate of drug-likeness (QED) is 0.163. The van der Waals surface area contributed by atoms with E-state index < -0.39 is 5.41 Å². The van der Waals surface area contributed by atoms with Crippen LogP contribution in [0.2, 0.25) is 0 Å². The number of nitrogens with zero attached hydrogens (tertiary/aromatic N) is 1. The molecule has 0 fully saturated rings. The van der Waals surface area contributed by atoms with Gasteiger partial charge < -0.3 is 9.32 Å². The third-order valence-corrected chi connectivity index (χ3v) is 11.7. The van der Waals surface area contributed by atoms with Crippen LogP contribution < -0.4 is 4.90 Å². The predicted molar refractivity (Wildman–Crippen MR) is 237 cm³/mol. The van der Waals surface area contributed by atoms with E-state index in [1.54, 1.807) is 0 Å². The van der Waals surface area contributed by atoms with Crippen molar-refractivity contribution in [2.24, 2.45) is 0 Å². The summed E-state index contributed by atoms with van der Waals surface area (Å²) < 4.78 is 6.27. The molecular formula is C55H37NO. The van der Waals surface area contributed by atoms with Crippen LogP contribution in [-0.4, -0.2) is 0 Å². The Balaban J connectivity index is 1.18. The summed E-state index contributed by atoms with van der Waals surface area (Å²) in [7, 11) is 0. The van der Waals surface area contributed by atoms with Gasteiger partial charge in [0, 0.05) is 27.7 Å². The van der Waals surface area contributed by atoms with E-state index in [-0.39, 0.29) is 0 Å². The van der Waals surface area contributed by atoms with Crippen LogP contribution in [0.5, 0.6) is 0 Å². The van der Waals surface area contributed by atoms with E-state index >= 15 is 0 Å². The topological polar surface area (TPSA) is 16.4 Å². The molecular weight excluding hydrogens is 691 g/mol. The van der Waals surface area contributed by atoms with E-state index in [9.17, 15) is 0 Å². The van der Waals surface area contributed by atoms with E-state index in [0.29, 0.717) is 0 Å². The van der Waals surface area contributed by atoms with E-state index in [1.165, 1.54) is 44.5 Å². The third kappa shape index (κ3) is 5.26. The number of anilines is 3. The Morgan fingerprint density at radius 2 is 0.930 bits per heavy atom. The van der Waals surface area contributed by atoms with Crippen molar-refractivity contribution in [3.8, 4) is 33.4 Å². The van der Waals surface area contributed by atoms with Gasteiger partial charge >= 0.3 is 0 Å². The number of hydrogen-bond donors (Lipinski definition) is 0. The molecule has 0 N–H and O–H groups in total. The van der Waals surface area contributed by atoms with Gasteiger partial charge in [-0.25, -0.2) is 0 Å². The Kier molecular flexibility index (Phi) is 7.75. The third-order valence-electron chi connectivity index (χ3n) is 11.7. The Bertz CT molecular complexity index is 3030. The molecule has 0 saturated carbocycles. The van der Waals surface area contributed by atoms with Gasteiger partial charge in [0.1, 0.15) is 11.2 Å². The molecule has 2 heteroatoms. The van der Waals surface area contributed by atoms with Gasteiger partial charge in [-0.15, -0.1) is 0 Å². The molecule has 0 saturated heterocycles. The molecule has 0 bridgehead atoms. The zero-order chi connectivity index (χ0) is 37.8. The highest BCUT2D eigenvalue weighted by atomic mass is 16.3. The van der Waals surface area contributed by atoms with Crippen molar-refractivity contribution < 1.29 is 4.42 Å². The average Bonchev–Trinajstić information content (AvgIpc) is 3.81. The van der Waals surface area contributed by atoms with Crippen LogP contribution in [0, 0.1) is 0 Å². The molecule has 57 heavy (non-hydrogen) atoms. The number of hydrogen-bond acceptors (Lipinski definition) is 2.